The lowest BCUT2D eigenvalue weighted by Gasteiger charge is -2.17. The summed E-state index contributed by atoms with van der Waals surface area (Å²) in [5.41, 5.74) is 0.568. The molecule has 0 spiro atoms. The van der Waals surface area contributed by atoms with Crippen molar-refractivity contribution in [1.29, 1.82) is 0 Å². The van der Waals surface area contributed by atoms with E-state index in [1.807, 2.05) is 0 Å². The maximum absolute atomic E-state index is 10.9. The van der Waals surface area contributed by atoms with Crippen molar-refractivity contribution in [2.75, 3.05) is 5.75 Å². The van der Waals surface area contributed by atoms with E-state index >= 15 is 0 Å². The van der Waals surface area contributed by atoms with Crippen molar-refractivity contribution in [3.8, 4) is 0 Å². The Balaban J connectivity index is 3.19. The molecular weight excluding hydrogens is 230 g/mol. The van der Waals surface area contributed by atoms with E-state index in [9.17, 15) is 15.0 Å². The highest BCUT2D eigenvalue weighted by Gasteiger charge is 2.23. The number of aliphatic hydroxyl groups is 2. The topological polar surface area (TPSA) is 90.7 Å². The molecule has 0 saturated heterocycles. The second-order valence-electron chi connectivity index (χ2n) is 3.45. The van der Waals surface area contributed by atoms with E-state index < -0.39 is 18.2 Å². The fourth-order valence-corrected chi connectivity index (χ4v) is 1.50. The number of aliphatic hydroxyl groups excluding tert-OH is 2. The van der Waals surface area contributed by atoms with Gasteiger partial charge in [-0.1, -0.05) is 0 Å². The Labute approximate surface area is 98.2 Å². The largest absolute Gasteiger partial charge is 0.477 e. The van der Waals surface area contributed by atoms with Crippen LogP contribution in [0.3, 0.4) is 0 Å². The summed E-state index contributed by atoms with van der Waals surface area (Å²) in [7, 11) is 0. The van der Waals surface area contributed by atoms with Gasteiger partial charge in [0.2, 0.25) is 0 Å². The first-order valence-electron chi connectivity index (χ1n) is 4.64. The van der Waals surface area contributed by atoms with E-state index in [4.69, 9.17) is 5.11 Å². The van der Waals surface area contributed by atoms with Gasteiger partial charge in [-0.05, 0) is 18.6 Å². The lowest BCUT2D eigenvalue weighted by atomic mass is 10.0. The van der Waals surface area contributed by atoms with Crippen LogP contribution in [-0.2, 0) is 0 Å². The molecule has 2 unspecified atom stereocenters. The molecule has 0 aliphatic heterocycles. The second-order valence-corrected chi connectivity index (χ2v) is 3.82. The zero-order valence-electron chi connectivity index (χ0n) is 8.66. The number of hydrogen-bond acceptors (Lipinski definition) is 5. The van der Waals surface area contributed by atoms with Crippen LogP contribution in [0, 0.1) is 6.92 Å². The van der Waals surface area contributed by atoms with Gasteiger partial charge in [-0.25, -0.2) is 9.78 Å². The number of aromatic carboxylic acids is 1. The third kappa shape index (κ3) is 2.72. The number of thiol groups is 1. The number of nitrogens with zero attached hydrogens (tertiary/aromatic N) is 1. The molecule has 1 heterocycles. The molecule has 5 nitrogen and oxygen atoms in total. The molecule has 1 aromatic rings. The maximum atomic E-state index is 10.9. The number of aromatic nitrogens is 1. The summed E-state index contributed by atoms with van der Waals surface area (Å²) in [6, 6.07) is 1.49. The Morgan fingerprint density at radius 2 is 2.19 bits per heavy atom. The summed E-state index contributed by atoms with van der Waals surface area (Å²) < 4.78 is 0. The van der Waals surface area contributed by atoms with Gasteiger partial charge in [0.25, 0.3) is 0 Å². The van der Waals surface area contributed by atoms with Crippen molar-refractivity contribution in [3.63, 3.8) is 0 Å². The summed E-state index contributed by atoms with van der Waals surface area (Å²) in [6.07, 6.45) is -1.02. The molecule has 0 radical (unpaired) electrons. The Hall–Kier alpha value is -1.11. The van der Waals surface area contributed by atoms with Crippen LogP contribution in [0.15, 0.2) is 12.3 Å². The minimum absolute atomic E-state index is 0.0359. The number of carbonyl (C=O) groups is 1. The Bertz CT molecular complexity index is 396. The third-order valence-electron chi connectivity index (χ3n) is 2.13. The summed E-state index contributed by atoms with van der Waals surface area (Å²) in [5.74, 6) is -1.20. The highest BCUT2D eigenvalue weighted by molar-refractivity contribution is 7.80. The first-order chi connectivity index (χ1) is 7.47. The number of carboxylic acid groups (broad SMARTS) is 1. The van der Waals surface area contributed by atoms with Crippen molar-refractivity contribution < 1.29 is 20.1 Å². The maximum Gasteiger partial charge on any atom is 0.354 e. The quantitative estimate of drug-likeness (QED) is 0.575. The molecule has 3 N–H and O–H groups in total. The van der Waals surface area contributed by atoms with Crippen LogP contribution < -0.4 is 0 Å². The number of hydrogen-bond donors (Lipinski definition) is 4. The van der Waals surface area contributed by atoms with Gasteiger partial charge in [0.1, 0.15) is 6.10 Å². The summed E-state index contributed by atoms with van der Waals surface area (Å²) in [6.45, 7) is 1.72. The van der Waals surface area contributed by atoms with Crippen molar-refractivity contribution in [3.05, 3.63) is 29.1 Å². The number of carboxylic acids is 1. The fourth-order valence-electron chi connectivity index (χ4n) is 1.30. The zero-order chi connectivity index (χ0) is 12.3. The van der Waals surface area contributed by atoms with Gasteiger partial charge in [-0.2, -0.15) is 12.6 Å². The van der Waals surface area contributed by atoms with Crippen LogP contribution in [-0.4, -0.2) is 38.1 Å². The molecule has 88 valence electrons. The fraction of sp³-hybridized carbons (Fsp3) is 0.400. The molecular formula is C10H13NO4S. The van der Waals surface area contributed by atoms with Gasteiger partial charge in [-0.3, -0.25) is 0 Å². The van der Waals surface area contributed by atoms with Gasteiger partial charge < -0.3 is 15.3 Å². The standard InChI is InChI=1S/C10H13NO4S/c1-5-2-6(9(13)7(12)4-16)8(10(14)15)11-3-5/h2-3,7,9,12-13,16H,4H2,1H3,(H,14,15). The number of rotatable bonds is 4. The van der Waals surface area contributed by atoms with Gasteiger partial charge in [-0.15, -0.1) is 0 Å². The SMILES string of the molecule is Cc1cnc(C(=O)O)c(C(O)C(O)CS)c1. The van der Waals surface area contributed by atoms with E-state index in [1.54, 1.807) is 6.92 Å². The van der Waals surface area contributed by atoms with Crippen molar-refractivity contribution in [2.24, 2.45) is 0 Å². The third-order valence-corrected chi connectivity index (χ3v) is 2.50. The summed E-state index contributed by atoms with van der Waals surface area (Å²) >= 11 is 3.84. The highest BCUT2D eigenvalue weighted by atomic mass is 32.1. The Morgan fingerprint density at radius 1 is 1.56 bits per heavy atom. The van der Waals surface area contributed by atoms with E-state index in [0.29, 0.717) is 5.56 Å². The molecule has 6 heteroatoms. The minimum atomic E-state index is -1.30. The highest BCUT2D eigenvalue weighted by Crippen LogP contribution is 2.21. The monoisotopic (exact) mass is 243 g/mol. The predicted octanol–water partition coefficient (Wildman–Crippen LogP) is 0.412. The van der Waals surface area contributed by atoms with Crippen molar-refractivity contribution >= 4 is 18.6 Å². The average molecular weight is 243 g/mol. The van der Waals surface area contributed by atoms with Crippen molar-refractivity contribution in [1.82, 2.24) is 4.98 Å². The second kappa shape index (κ2) is 5.29. The van der Waals surface area contributed by atoms with Gasteiger partial charge in [0.05, 0.1) is 6.10 Å². The normalized spacial score (nSPS) is 14.5. The van der Waals surface area contributed by atoms with Crippen molar-refractivity contribution in [2.45, 2.75) is 19.1 Å². The molecule has 0 amide bonds. The molecule has 0 aliphatic rings. The molecule has 0 aromatic carbocycles. The number of aryl methyl sites for hydroxylation is 1. The van der Waals surface area contributed by atoms with E-state index in [0.717, 1.165) is 0 Å². The van der Waals surface area contributed by atoms with E-state index in [1.165, 1.54) is 12.3 Å². The van der Waals surface area contributed by atoms with Gasteiger partial charge >= 0.3 is 5.97 Å². The number of pyridine rings is 1. The van der Waals surface area contributed by atoms with Crippen LogP contribution in [0.25, 0.3) is 0 Å². The first kappa shape index (κ1) is 13.0. The smallest absolute Gasteiger partial charge is 0.354 e. The molecule has 1 rings (SSSR count). The minimum Gasteiger partial charge on any atom is -0.477 e. The molecule has 0 saturated carbocycles. The van der Waals surface area contributed by atoms with Crippen LogP contribution in [0.4, 0.5) is 0 Å². The summed E-state index contributed by atoms with van der Waals surface area (Å²) in [4.78, 5) is 14.6. The molecule has 16 heavy (non-hydrogen) atoms. The predicted molar refractivity (Wildman–Crippen MR) is 60.8 cm³/mol. The van der Waals surface area contributed by atoms with E-state index in [2.05, 4.69) is 17.6 Å². The van der Waals surface area contributed by atoms with Gasteiger partial charge in [0.15, 0.2) is 5.69 Å². The summed E-state index contributed by atoms with van der Waals surface area (Å²) in [5, 5.41) is 28.1. The Morgan fingerprint density at radius 3 is 2.69 bits per heavy atom. The zero-order valence-corrected chi connectivity index (χ0v) is 9.56. The first-order valence-corrected chi connectivity index (χ1v) is 5.27. The lowest BCUT2D eigenvalue weighted by Crippen LogP contribution is -2.22. The molecule has 0 fully saturated rings. The Kier molecular flexibility index (Phi) is 4.28. The van der Waals surface area contributed by atoms with Crippen LogP contribution in [0.2, 0.25) is 0 Å². The molecule has 0 aliphatic carbocycles. The van der Waals surface area contributed by atoms with Gasteiger partial charge in [0, 0.05) is 17.5 Å². The van der Waals surface area contributed by atoms with Crippen LogP contribution in [0.5, 0.6) is 0 Å². The average Bonchev–Trinajstić information content (AvgIpc) is 2.26. The van der Waals surface area contributed by atoms with Crippen LogP contribution in [0.1, 0.15) is 27.7 Å². The lowest BCUT2D eigenvalue weighted by molar-refractivity contribution is 0.0319. The molecule has 2 atom stereocenters. The molecule has 0 bridgehead atoms. The van der Waals surface area contributed by atoms with Crippen LogP contribution >= 0.6 is 12.6 Å². The molecule has 1 aromatic heterocycles. The van der Waals surface area contributed by atoms with E-state index in [-0.39, 0.29) is 17.0 Å².